The van der Waals surface area contributed by atoms with Crippen molar-refractivity contribution in [1.29, 1.82) is 0 Å². The topological polar surface area (TPSA) is 24.5 Å². The molecule has 0 aliphatic carbocycles. The summed E-state index contributed by atoms with van der Waals surface area (Å²) in [5.74, 6) is 0. The molecule has 0 bridgehead atoms. The molecule has 1 aliphatic heterocycles. The minimum absolute atomic E-state index is 0.192. The first kappa shape index (κ1) is 16.9. The van der Waals surface area contributed by atoms with Gasteiger partial charge in [0.1, 0.15) is 0 Å². The number of unbranched alkanes of at least 4 members (excludes halogenated alkanes) is 1. The molecule has 0 aromatic rings. The van der Waals surface area contributed by atoms with Gasteiger partial charge in [-0.15, -0.1) is 0 Å². The maximum Gasteiger partial charge on any atom is 0.0707 e. The average Bonchev–Trinajstić information content (AvgIpc) is 2.79. The molecule has 2 unspecified atom stereocenters. The van der Waals surface area contributed by atoms with Crippen molar-refractivity contribution in [2.45, 2.75) is 78.0 Å². The smallest absolute Gasteiger partial charge is 0.0707 e. The average molecular weight is 270 g/mol. The van der Waals surface area contributed by atoms with Crippen molar-refractivity contribution >= 4 is 0 Å². The standard InChI is InChI=1S/C16H34N2O/c1-6-8-11-18(7-2)13-15-10-9-14(19-15)12-17-16(3,4)5/h14-15,17H,6-13H2,1-5H3. The summed E-state index contributed by atoms with van der Waals surface area (Å²) in [5.41, 5.74) is 0.192. The maximum absolute atomic E-state index is 6.16. The van der Waals surface area contributed by atoms with Crippen LogP contribution in [0.5, 0.6) is 0 Å². The van der Waals surface area contributed by atoms with Gasteiger partial charge in [-0.05, 0) is 53.1 Å². The van der Waals surface area contributed by atoms with E-state index in [1.165, 1.54) is 32.2 Å². The zero-order valence-corrected chi connectivity index (χ0v) is 13.7. The Hall–Kier alpha value is -0.120. The van der Waals surface area contributed by atoms with Crippen LogP contribution in [0.2, 0.25) is 0 Å². The van der Waals surface area contributed by atoms with Gasteiger partial charge in [0, 0.05) is 18.6 Å². The van der Waals surface area contributed by atoms with Gasteiger partial charge in [0.15, 0.2) is 0 Å². The lowest BCUT2D eigenvalue weighted by atomic mass is 10.1. The van der Waals surface area contributed by atoms with Crippen molar-refractivity contribution in [3.63, 3.8) is 0 Å². The van der Waals surface area contributed by atoms with E-state index in [9.17, 15) is 0 Å². The normalized spacial score (nSPS) is 24.3. The first-order valence-corrected chi connectivity index (χ1v) is 8.07. The van der Waals surface area contributed by atoms with Gasteiger partial charge >= 0.3 is 0 Å². The van der Waals surface area contributed by atoms with Gasteiger partial charge < -0.3 is 15.0 Å². The molecule has 19 heavy (non-hydrogen) atoms. The Kier molecular flexibility index (Phi) is 7.33. The summed E-state index contributed by atoms with van der Waals surface area (Å²) in [4.78, 5) is 2.54. The predicted molar refractivity (Wildman–Crippen MR) is 82.7 cm³/mol. The molecular formula is C16H34N2O. The minimum atomic E-state index is 0.192. The number of ether oxygens (including phenoxy) is 1. The van der Waals surface area contributed by atoms with Gasteiger partial charge in [0.25, 0.3) is 0 Å². The highest BCUT2D eigenvalue weighted by molar-refractivity contribution is 4.80. The Morgan fingerprint density at radius 3 is 2.42 bits per heavy atom. The molecule has 3 nitrogen and oxygen atoms in total. The Bertz CT molecular complexity index is 237. The summed E-state index contributed by atoms with van der Waals surface area (Å²) in [6.45, 7) is 15.6. The molecular weight excluding hydrogens is 236 g/mol. The molecule has 0 aromatic heterocycles. The summed E-state index contributed by atoms with van der Waals surface area (Å²) < 4.78 is 6.16. The van der Waals surface area contributed by atoms with E-state index >= 15 is 0 Å². The van der Waals surface area contributed by atoms with E-state index in [1.807, 2.05) is 0 Å². The molecule has 3 heteroatoms. The van der Waals surface area contributed by atoms with E-state index in [-0.39, 0.29) is 5.54 Å². The maximum atomic E-state index is 6.16. The highest BCUT2D eigenvalue weighted by Gasteiger charge is 2.27. The Morgan fingerprint density at radius 1 is 1.16 bits per heavy atom. The molecule has 1 aliphatic rings. The van der Waals surface area contributed by atoms with Crippen LogP contribution in [0, 0.1) is 0 Å². The van der Waals surface area contributed by atoms with Crippen molar-refractivity contribution in [3.8, 4) is 0 Å². The summed E-state index contributed by atoms with van der Waals surface area (Å²) in [5, 5.41) is 3.55. The van der Waals surface area contributed by atoms with Crippen LogP contribution in [-0.4, -0.2) is 48.8 Å². The molecule has 1 rings (SSSR count). The second-order valence-electron chi connectivity index (χ2n) is 6.84. The van der Waals surface area contributed by atoms with E-state index in [2.05, 4.69) is 44.8 Å². The molecule has 0 spiro atoms. The molecule has 1 fully saturated rings. The van der Waals surface area contributed by atoms with Crippen LogP contribution in [0.3, 0.4) is 0 Å². The number of likely N-dealkylation sites (N-methyl/N-ethyl adjacent to an activating group) is 1. The molecule has 1 heterocycles. The van der Waals surface area contributed by atoms with E-state index in [0.29, 0.717) is 12.2 Å². The van der Waals surface area contributed by atoms with Crippen LogP contribution in [-0.2, 0) is 4.74 Å². The lowest BCUT2D eigenvalue weighted by Crippen LogP contribution is -2.41. The summed E-state index contributed by atoms with van der Waals surface area (Å²) >= 11 is 0. The highest BCUT2D eigenvalue weighted by atomic mass is 16.5. The molecule has 0 amide bonds. The molecule has 0 saturated carbocycles. The van der Waals surface area contributed by atoms with Gasteiger partial charge in [-0.3, -0.25) is 0 Å². The largest absolute Gasteiger partial charge is 0.372 e. The number of rotatable bonds is 8. The fourth-order valence-electron chi connectivity index (χ4n) is 2.53. The summed E-state index contributed by atoms with van der Waals surface area (Å²) in [6.07, 6.45) is 5.87. The number of hydrogen-bond acceptors (Lipinski definition) is 3. The molecule has 0 radical (unpaired) electrons. The van der Waals surface area contributed by atoms with Gasteiger partial charge in [-0.25, -0.2) is 0 Å². The minimum Gasteiger partial charge on any atom is -0.372 e. The van der Waals surface area contributed by atoms with E-state index < -0.39 is 0 Å². The van der Waals surface area contributed by atoms with E-state index in [1.54, 1.807) is 0 Å². The fourth-order valence-corrected chi connectivity index (χ4v) is 2.53. The van der Waals surface area contributed by atoms with Crippen LogP contribution in [0.25, 0.3) is 0 Å². The van der Waals surface area contributed by atoms with E-state index in [0.717, 1.165) is 19.6 Å². The third-order valence-electron chi connectivity index (χ3n) is 3.79. The Labute approximate surface area is 120 Å². The monoisotopic (exact) mass is 270 g/mol. The zero-order valence-electron chi connectivity index (χ0n) is 13.7. The third kappa shape index (κ3) is 7.28. The van der Waals surface area contributed by atoms with Gasteiger partial charge in [-0.2, -0.15) is 0 Å². The SMILES string of the molecule is CCCCN(CC)CC1CCC(CNC(C)(C)C)O1. The number of hydrogen-bond donors (Lipinski definition) is 1. The second kappa shape index (κ2) is 8.23. The molecule has 2 atom stereocenters. The number of nitrogens with one attached hydrogen (secondary N) is 1. The first-order chi connectivity index (χ1) is 8.94. The molecule has 0 aromatic carbocycles. The van der Waals surface area contributed by atoms with Crippen LogP contribution >= 0.6 is 0 Å². The van der Waals surface area contributed by atoms with Gasteiger partial charge in [0.2, 0.25) is 0 Å². The first-order valence-electron chi connectivity index (χ1n) is 8.07. The zero-order chi connectivity index (χ0) is 14.3. The second-order valence-corrected chi connectivity index (χ2v) is 6.84. The van der Waals surface area contributed by atoms with Crippen molar-refractivity contribution in [2.24, 2.45) is 0 Å². The number of nitrogens with zero attached hydrogens (tertiary/aromatic N) is 1. The van der Waals surface area contributed by atoms with E-state index in [4.69, 9.17) is 4.74 Å². The Balaban J connectivity index is 2.23. The van der Waals surface area contributed by atoms with Crippen LogP contribution in [0.4, 0.5) is 0 Å². The van der Waals surface area contributed by atoms with Gasteiger partial charge in [-0.1, -0.05) is 20.3 Å². The molecule has 1 saturated heterocycles. The van der Waals surface area contributed by atoms with Crippen molar-refractivity contribution in [2.75, 3.05) is 26.2 Å². The van der Waals surface area contributed by atoms with Crippen molar-refractivity contribution < 1.29 is 4.74 Å². The van der Waals surface area contributed by atoms with Crippen LogP contribution in [0.1, 0.15) is 60.3 Å². The lowest BCUT2D eigenvalue weighted by molar-refractivity contribution is 0.0215. The predicted octanol–water partition coefficient (Wildman–Crippen LogP) is 3.04. The summed E-state index contributed by atoms with van der Waals surface area (Å²) in [6, 6.07) is 0. The lowest BCUT2D eigenvalue weighted by Gasteiger charge is -2.25. The highest BCUT2D eigenvalue weighted by Crippen LogP contribution is 2.20. The van der Waals surface area contributed by atoms with Crippen molar-refractivity contribution in [1.82, 2.24) is 10.2 Å². The summed E-state index contributed by atoms with van der Waals surface area (Å²) in [7, 11) is 0. The van der Waals surface area contributed by atoms with Crippen molar-refractivity contribution in [3.05, 3.63) is 0 Å². The van der Waals surface area contributed by atoms with Crippen LogP contribution < -0.4 is 5.32 Å². The Morgan fingerprint density at radius 2 is 1.84 bits per heavy atom. The van der Waals surface area contributed by atoms with Crippen LogP contribution in [0.15, 0.2) is 0 Å². The van der Waals surface area contributed by atoms with Gasteiger partial charge in [0.05, 0.1) is 12.2 Å². The third-order valence-corrected chi connectivity index (χ3v) is 3.79. The quantitative estimate of drug-likeness (QED) is 0.733. The molecule has 114 valence electrons. The fraction of sp³-hybridized carbons (Fsp3) is 1.00. The molecule has 1 N–H and O–H groups in total.